The van der Waals surface area contributed by atoms with Crippen molar-refractivity contribution >= 4 is 6.29 Å². The Labute approximate surface area is 55.3 Å². The van der Waals surface area contributed by atoms with Crippen LogP contribution in [-0.4, -0.2) is 32.3 Å². The van der Waals surface area contributed by atoms with E-state index in [1.165, 1.54) is 6.08 Å². The van der Waals surface area contributed by atoms with Crippen molar-refractivity contribution in [2.24, 2.45) is 0 Å². The minimum absolute atomic E-state index is 0.756. The molecule has 0 atom stereocenters. The predicted octanol–water partition coefficient (Wildman–Crippen LogP) is -0.192. The molecule has 0 amide bonds. The van der Waals surface area contributed by atoms with E-state index in [9.17, 15) is 4.79 Å². The molecule has 0 aliphatic carbocycles. The van der Waals surface area contributed by atoms with E-state index in [2.05, 4.69) is 5.32 Å². The van der Waals surface area contributed by atoms with Gasteiger partial charge in [0.1, 0.15) is 12.1 Å². The van der Waals surface area contributed by atoms with Crippen molar-refractivity contribution in [2.45, 2.75) is 0 Å². The van der Waals surface area contributed by atoms with Gasteiger partial charge in [-0.15, -0.1) is 0 Å². The Hall–Kier alpha value is -0.990. The van der Waals surface area contributed by atoms with Crippen LogP contribution in [0.3, 0.4) is 0 Å². The van der Waals surface area contributed by atoms with Gasteiger partial charge in [-0.3, -0.25) is 4.79 Å². The molecule has 0 fully saturated rings. The summed E-state index contributed by atoms with van der Waals surface area (Å²) in [6.45, 7) is 0. The Balaban J connectivity index is 3.96. The van der Waals surface area contributed by atoms with Crippen molar-refractivity contribution in [3.63, 3.8) is 0 Å². The van der Waals surface area contributed by atoms with E-state index in [0.29, 0.717) is 0 Å². The minimum Gasteiger partial charge on any atom is -0.375 e. The Morgan fingerprint density at radius 1 is 1.56 bits per heavy atom. The van der Waals surface area contributed by atoms with Crippen molar-refractivity contribution in [3.05, 3.63) is 11.9 Å². The molecular weight excluding hydrogens is 116 g/mol. The van der Waals surface area contributed by atoms with Gasteiger partial charge >= 0.3 is 0 Å². The molecule has 9 heavy (non-hydrogen) atoms. The minimum atomic E-state index is 0.756. The van der Waals surface area contributed by atoms with Crippen LogP contribution in [0.15, 0.2) is 11.9 Å². The number of allylic oxidation sites excluding steroid dienone is 1. The molecule has 0 spiro atoms. The van der Waals surface area contributed by atoms with Gasteiger partial charge in [0, 0.05) is 27.2 Å². The van der Waals surface area contributed by atoms with E-state index in [0.717, 1.165) is 12.1 Å². The predicted molar refractivity (Wildman–Crippen MR) is 36.9 cm³/mol. The Morgan fingerprint density at radius 3 is 2.22 bits per heavy atom. The first kappa shape index (κ1) is 8.01. The van der Waals surface area contributed by atoms with Gasteiger partial charge < -0.3 is 10.2 Å². The van der Waals surface area contributed by atoms with Crippen LogP contribution in [0.25, 0.3) is 0 Å². The second kappa shape index (κ2) is 3.95. The van der Waals surface area contributed by atoms with Crippen molar-refractivity contribution in [1.29, 1.82) is 0 Å². The van der Waals surface area contributed by atoms with Gasteiger partial charge in [0.05, 0.1) is 0 Å². The molecule has 0 aromatic heterocycles. The molecule has 0 radical (unpaired) electrons. The van der Waals surface area contributed by atoms with E-state index in [1.807, 2.05) is 19.0 Å². The maximum absolute atomic E-state index is 9.94. The lowest BCUT2D eigenvalue weighted by Crippen LogP contribution is -2.22. The SMILES string of the molecule is CN/C(=C/C=O)N(C)C. The third-order valence-electron chi connectivity index (χ3n) is 0.964. The number of hydrogen-bond acceptors (Lipinski definition) is 3. The van der Waals surface area contributed by atoms with Gasteiger partial charge in [0.2, 0.25) is 0 Å². The topological polar surface area (TPSA) is 32.3 Å². The van der Waals surface area contributed by atoms with Crippen LogP contribution in [0.2, 0.25) is 0 Å². The summed E-state index contributed by atoms with van der Waals surface area (Å²) < 4.78 is 0. The normalized spacial score (nSPS) is 10.8. The van der Waals surface area contributed by atoms with Gasteiger partial charge in [-0.25, -0.2) is 0 Å². The average Bonchev–Trinajstić information content (AvgIpc) is 1.82. The van der Waals surface area contributed by atoms with Gasteiger partial charge in [-0.05, 0) is 0 Å². The molecule has 0 saturated carbocycles. The van der Waals surface area contributed by atoms with Crippen molar-refractivity contribution in [1.82, 2.24) is 10.2 Å². The summed E-state index contributed by atoms with van der Waals surface area (Å²) >= 11 is 0. The summed E-state index contributed by atoms with van der Waals surface area (Å²) in [5, 5.41) is 2.86. The van der Waals surface area contributed by atoms with Crippen molar-refractivity contribution in [2.75, 3.05) is 21.1 Å². The van der Waals surface area contributed by atoms with Crippen molar-refractivity contribution < 1.29 is 4.79 Å². The van der Waals surface area contributed by atoms with Crippen LogP contribution in [0, 0.1) is 0 Å². The zero-order chi connectivity index (χ0) is 7.28. The summed E-state index contributed by atoms with van der Waals surface area (Å²) in [5.41, 5.74) is 0. The lowest BCUT2D eigenvalue weighted by Gasteiger charge is -2.14. The molecule has 52 valence electrons. The molecule has 0 aromatic carbocycles. The Bertz CT molecular complexity index is 118. The maximum Gasteiger partial charge on any atom is 0.146 e. The molecule has 0 saturated heterocycles. The fourth-order valence-electron chi connectivity index (χ4n) is 0.520. The second-order valence-corrected chi connectivity index (χ2v) is 1.83. The number of nitrogens with one attached hydrogen (secondary N) is 1. The fraction of sp³-hybridized carbons (Fsp3) is 0.500. The maximum atomic E-state index is 9.94. The Morgan fingerprint density at radius 2 is 2.11 bits per heavy atom. The summed E-state index contributed by atoms with van der Waals surface area (Å²) in [4.78, 5) is 11.8. The highest BCUT2D eigenvalue weighted by molar-refractivity contribution is 5.65. The molecule has 3 heteroatoms. The number of nitrogens with zero attached hydrogens (tertiary/aromatic N) is 1. The molecule has 0 unspecified atom stereocenters. The summed E-state index contributed by atoms with van der Waals surface area (Å²) in [6.07, 6.45) is 2.23. The van der Waals surface area contributed by atoms with E-state index in [4.69, 9.17) is 0 Å². The second-order valence-electron chi connectivity index (χ2n) is 1.83. The highest BCUT2D eigenvalue weighted by atomic mass is 16.1. The summed E-state index contributed by atoms with van der Waals surface area (Å²) in [7, 11) is 5.51. The molecule has 0 aliphatic heterocycles. The fourth-order valence-corrected chi connectivity index (χ4v) is 0.520. The monoisotopic (exact) mass is 128 g/mol. The van der Waals surface area contributed by atoms with Gasteiger partial charge in [0.15, 0.2) is 0 Å². The molecule has 0 rings (SSSR count). The van der Waals surface area contributed by atoms with Crippen LogP contribution < -0.4 is 5.32 Å². The van der Waals surface area contributed by atoms with Crippen molar-refractivity contribution in [3.8, 4) is 0 Å². The van der Waals surface area contributed by atoms with E-state index in [-0.39, 0.29) is 0 Å². The number of aldehydes is 1. The van der Waals surface area contributed by atoms with Gasteiger partial charge in [-0.1, -0.05) is 0 Å². The molecule has 1 N–H and O–H groups in total. The lowest BCUT2D eigenvalue weighted by atomic mass is 10.5. The van der Waals surface area contributed by atoms with E-state index in [1.54, 1.807) is 7.05 Å². The molecule has 0 bridgehead atoms. The quantitative estimate of drug-likeness (QED) is 0.422. The molecular formula is C6H12N2O. The smallest absolute Gasteiger partial charge is 0.146 e. The van der Waals surface area contributed by atoms with Crippen LogP contribution >= 0.6 is 0 Å². The first-order valence-corrected chi connectivity index (χ1v) is 2.73. The van der Waals surface area contributed by atoms with Crippen LogP contribution in [0.5, 0.6) is 0 Å². The van der Waals surface area contributed by atoms with Gasteiger partial charge in [0.25, 0.3) is 0 Å². The highest BCUT2D eigenvalue weighted by Gasteiger charge is 1.91. The zero-order valence-electron chi connectivity index (χ0n) is 6.01. The number of carbonyl (C=O) groups is 1. The number of carbonyl (C=O) groups excluding carboxylic acids is 1. The first-order chi connectivity index (χ1) is 4.22. The van der Waals surface area contributed by atoms with Crippen LogP contribution in [0.4, 0.5) is 0 Å². The third-order valence-corrected chi connectivity index (χ3v) is 0.964. The van der Waals surface area contributed by atoms with E-state index < -0.39 is 0 Å². The molecule has 3 nitrogen and oxygen atoms in total. The van der Waals surface area contributed by atoms with Crippen LogP contribution in [-0.2, 0) is 4.79 Å². The third kappa shape index (κ3) is 2.74. The number of rotatable bonds is 3. The highest BCUT2D eigenvalue weighted by Crippen LogP contribution is 1.87. The molecule has 0 aromatic rings. The standard InChI is InChI=1S/C6H12N2O/c1-7-6(4-5-9)8(2)3/h4-5,7H,1-3H3/b6-4-. The summed E-state index contributed by atoms with van der Waals surface area (Å²) in [5.74, 6) is 0.810. The van der Waals surface area contributed by atoms with Gasteiger partial charge in [-0.2, -0.15) is 0 Å². The zero-order valence-corrected chi connectivity index (χ0v) is 6.01. The Kier molecular flexibility index (Phi) is 3.51. The molecule has 0 aliphatic rings. The summed E-state index contributed by atoms with van der Waals surface area (Å²) in [6, 6.07) is 0. The van der Waals surface area contributed by atoms with E-state index >= 15 is 0 Å². The largest absolute Gasteiger partial charge is 0.375 e. The lowest BCUT2D eigenvalue weighted by molar-refractivity contribution is -0.104. The first-order valence-electron chi connectivity index (χ1n) is 2.73. The average molecular weight is 128 g/mol. The number of hydrogen-bond donors (Lipinski definition) is 1. The molecule has 0 heterocycles. The van der Waals surface area contributed by atoms with Crippen LogP contribution in [0.1, 0.15) is 0 Å².